The minimum atomic E-state index is -4.23. The second-order valence-electron chi connectivity index (χ2n) is 14.1. The summed E-state index contributed by atoms with van der Waals surface area (Å²) in [5, 5.41) is 28.7. The zero-order chi connectivity index (χ0) is 39.0. The van der Waals surface area contributed by atoms with Gasteiger partial charge in [0.05, 0.1) is 36.8 Å². The highest BCUT2D eigenvalue weighted by Crippen LogP contribution is 2.28. The van der Waals surface area contributed by atoms with Gasteiger partial charge in [-0.05, 0) is 66.1 Å². The van der Waals surface area contributed by atoms with Crippen LogP contribution in [0.2, 0.25) is 0 Å². The summed E-state index contributed by atoms with van der Waals surface area (Å²) in [5.74, 6) is -2.96. The molecule has 0 unspecified atom stereocenters. The van der Waals surface area contributed by atoms with Crippen molar-refractivity contribution in [3.05, 3.63) is 95.3 Å². The first-order valence-electron chi connectivity index (χ1n) is 18.1. The molecule has 0 spiro atoms. The molecule has 2 aromatic carbocycles. The van der Waals surface area contributed by atoms with E-state index in [1.54, 1.807) is 47.6 Å². The van der Waals surface area contributed by atoms with E-state index in [4.69, 9.17) is 9.72 Å². The number of hydrogen-bond acceptors (Lipinski definition) is 10. The van der Waals surface area contributed by atoms with Crippen LogP contribution in [-0.4, -0.2) is 95.0 Å². The Morgan fingerprint density at radius 2 is 1.81 bits per heavy atom. The number of carbonyl (C=O) groups excluding carboxylic acids is 2. The summed E-state index contributed by atoms with van der Waals surface area (Å²) in [7, 11) is -2.74. The largest absolute Gasteiger partial charge is 0.497 e. The van der Waals surface area contributed by atoms with Gasteiger partial charge in [-0.15, -0.1) is 11.3 Å². The molecule has 54 heavy (non-hydrogen) atoms. The molecule has 15 heteroatoms. The predicted molar refractivity (Wildman–Crippen MR) is 207 cm³/mol. The minimum Gasteiger partial charge on any atom is -0.497 e. The molecule has 0 radical (unpaired) electrons. The van der Waals surface area contributed by atoms with Gasteiger partial charge in [0.2, 0.25) is 15.9 Å². The van der Waals surface area contributed by atoms with E-state index in [1.165, 1.54) is 35.5 Å². The Bertz CT molecular complexity index is 1980. The second-order valence-corrected chi connectivity index (χ2v) is 16.7. The average molecular weight is 779 g/mol. The first-order chi connectivity index (χ1) is 25.7. The molecular formula is C39H50N6O7S2. The summed E-state index contributed by atoms with van der Waals surface area (Å²) in [6.07, 6.45) is 4.41. The number of sulfonamides is 1. The van der Waals surface area contributed by atoms with Crippen LogP contribution in [0.15, 0.2) is 83.3 Å². The Balaban J connectivity index is 1.34. The molecular weight excluding hydrogens is 729 g/mol. The molecule has 0 aliphatic carbocycles. The van der Waals surface area contributed by atoms with Crippen molar-refractivity contribution >= 4 is 33.3 Å². The molecule has 4 N–H and O–H groups in total. The Labute approximate surface area is 321 Å². The summed E-state index contributed by atoms with van der Waals surface area (Å²) in [6, 6.07) is 14.7. The highest BCUT2D eigenvalue weighted by atomic mass is 32.2. The molecule has 3 amide bonds. The van der Waals surface area contributed by atoms with Crippen LogP contribution >= 0.6 is 11.3 Å². The summed E-state index contributed by atoms with van der Waals surface area (Å²) >= 11 is 1.46. The van der Waals surface area contributed by atoms with Crippen molar-refractivity contribution in [2.24, 2.45) is 11.8 Å². The predicted octanol–water partition coefficient (Wildman–Crippen LogP) is 4.45. The number of benzene rings is 2. The van der Waals surface area contributed by atoms with E-state index in [-0.39, 0.29) is 42.3 Å². The number of rotatable bonds is 18. The van der Waals surface area contributed by atoms with Crippen LogP contribution in [0.3, 0.4) is 0 Å². The third-order valence-electron chi connectivity index (χ3n) is 9.59. The van der Waals surface area contributed by atoms with Gasteiger partial charge in [0.1, 0.15) is 16.8 Å². The third kappa shape index (κ3) is 10.0. The maximum Gasteiger partial charge on any atom is 0.321 e. The van der Waals surface area contributed by atoms with E-state index < -0.39 is 40.3 Å². The number of aliphatic hydroxyl groups is 2. The van der Waals surface area contributed by atoms with Crippen molar-refractivity contribution in [3.63, 3.8) is 0 Å². The molecule has 1 fully saturated rings. The number of nitrogens with one attached hydrogen (secondary N) is 2. The summed E-state index contributed by atoms with van der Waals surface area (Å²) < 4.78 is 35.0. The van der Waals surface area contributed by atoms with E-state index in [9.17, 15) is 28.2 Å². The highest BCUT2D eigenvalue weighted by molar-refractivity contribution is 7.89. The van der Waals surface area contributed by atoms with Gasteiger partial charge < -0.3 is 30.1 Å². The van der Waals surface area contributed by atoms with Crippen molar-refractivity contribution in [1.82, 2.24) is 29.8 Å². The van der Waals surface area contributed by atoms with E-state index in [1.807, 2.05) is 51.3 Å². The highest BCUT2D eigenvalue weighted by Gasteiger charge is 2.43. The fraction of sp³-hybridized carbons (Fsp3) is 0.436. The molecule has 0 bridgehead atoms. The maximum absolute atomic E-state index is 14.3. The second kappa shape index (κ2) is 17.8. The molecule has 290 valence electrons. The van der Waals surface area contributed by atoms with Crippen LogP contribution in [-0.2, 0) is 34.2 Å². The SMILES string of the molecule is CC[C@H](C)[C@@H](C(=O)N[C@@H](Cc1ccccc1)C(O)(O)CNS(=O)(=O)c1ccc(OC)cc1CC(C)C)N1CCN(Cc2csc(-c3cccnc3)n2)C1=O. The monoisotopic (exact) mass is 778 g/mol. The number of urea groups is 1. The van der Waals surface area contributed by atoms with Gasteiger partial charge in [-0.3, -0.25) is 9.78 Å². The molecule has 4 aromatic rings. The lowest BCUT2D eigenvalue weighted by molar-refractivity contribution is -0.180. The average Bonchev–Trinajstić information content (AvgIpc) is 3.77. The molecule has 1 aliphatic heterocycles. The van der Waals surface area contributed by atoms with Gasteiger partial charge >= 0.3 is 6.03 Å². The zero-order valence-electron chi connectivity index (χ0n) is 31.3. The van der Waals surface area contributed by atoms with E-state index in [2.05, 4.69) is 15.0 Å². The quantitative estimate of drug-likeness (QED) is 0.107. The van der Waals surface area contributed by atoms with E-state index in [0.29, 0.717) is 36.3 Å². The molecule has 3 heterocycles. The van der Waals surface area contributed by atoms with Crippen molar-refractivity contribution in [3.8, 4) is 16.3 Å². The molecule has 1 aliphatic rings. The van der Waals surface area contributed by atoms with Crippen LogP contribution in [0, 0.1) is 11.8 Å². The maximum atomic E-state index is 14.3. The summed E-state index contributed by atoms with van der Waals surface area (Å²) in [5.41, 5.74) is 2.82. The Hall–Kier alpha value is -4.41. The number of carbonyl (C=O) groups is 2. The molecule has 13 nitrogen and oxygen atoms in total. The number of amides is 3. The first kappa shape index (κ1) is 40.8. The van der Waals surface area contributed by atoms with Gasteiger partial charge in [0, 0.05) is 36.4 Å². The smallest absolute Gasteiger partial charge is 0.321 e. The van der Waals surface area contributed by atoms with Crippen molar-refractivity contribution in [1.29, 1.82) is 0 Å². The van der Waals surface area contributed by atoms with Crippen LogP contribution in [0.4, 0.5) is 4.79 Å². The summed E-state index contributed by atoms with van der Waals surface area (Å²) in [6.45, 7) is 7.83. The van der Waals surface area contributed by atoms with Crippen LogP contribution in [0.25, 0.3) is 10.6 Å². The van der Waals surface area contributed by atoms with Crippen LogP contribution in [0.1, 0.15) is 50.9 Å². The number of thiazole rings is 1. The first-order valence-corrected chi connectivity index (χ1v) is 20.4. The van der Waals surface area contributed by atoms with Gasteiger partial charge in [-0.25, -0.2) is 22.9 Å². The standard InChI is InChI=1S/C39H50N6O7S2/c1-6-27(4)35(45-18-17-44(38(45)47)23-31-24-53-37(42-31)29-13-10-16-40-22-29)36(46)43-34(20-28-11-8-7-9-12-28)39(48,49)25-41-54(50,51)33-15-14-32(52-5)21-30(33)19-26(2)3/h7-16,21-22,24,26-27,34-35,41,48-49H,6,17-20,23,25H2,1-5H3,(H,43,46)/t27-,34-,35-/m0/s1. The van der Waals surface area contributed by atoms with Gasteiger partial charge in [0.15, 0.2) is 5.79 Å². The Morgan fingerprint density at radius 1 is 1.06 bits per heavy atom. The minimum absolute atomic E-state index is 0.00340. The number of ether oxygens (including phenoxy) is 1. The number of nitrogens with zero attached hydrogens (tertiary/aromatic N) is 4. The van der Waals surface area contributed by atoms with Crippen molar-refractivity contribution < 1.29 is 33.0 Å². The molecule has 5 rings (SSSR count). The van der Waals surface area contributed by atoms with Crippen LogP contribution < -0.4 is 14.8 Å². The molecule has 1 saturated heterocycles. The lowest BCUT2D eigenvalue weighted by Crippen LogP contribution is -2.62. The Kier molecular flexibility index (Phi) is 13.5. The number of methoxy groups -OCH3 is 1. The van der Waals surface area contributed by atoms with Gasteiger partial charge in [-0.2, -0.15) is 0 Å². The van der Waals surface area contributed by atoms with E-state index >= 15 is 0 Å². The van der Waals surface area contributed by atoms with E-state index in [0.717, 1.165) is 16.3 Å². The Morgan fingerprint density at radius 3 is 2.48 bits per heavy atom. The number of aromatic nitrogens is 2. The molecule has 2 aromatic heterocycles. The number of pyridine rings is 1. The molecule has 3 atom stereocenters. The van der Waals surface area contributed by atoms with Crippen molar-refractivity contribution in [2.45, 2.75) is 76.3 Å². The van der Waals surface area contributed by atoms with Gasteiger partial charge in [-0.1, -0.05) is 64.4 Å². The van der Waals surface area contributed by atoms with Crippen LogP contribution in [0.5, 0.6) is 5.75 Å². The zero-order valence-corrected chi connectivity index (χ0v) is 32.9. The topological polar surface area (TPSA) is 174 Å². The fourth-order valence-electron chi connectivity index (χ4n) is 6.52. The lowest BCUT2D eigenvalue weighted by Gasteiger charge is -2.36. The molecule has 0 saturated carbocycles. The normalized spacial score (nSPS) is 15.4. The van der Waals surface area contributed by atoms with Crippen molar-refractivity contribution in [2.75, 3.05) is 26.7 Å². The van der Waals surface area contributed by atoms with Gasteiger partial charge in [0.25, 0.3) is 0 Å². The fourth-order valence-corrected chi connectivity index (χ4v) is 8.61. The lowest BCUT2D eigenvalue weighted by atomic mass is 9.94. The number of hydrogen-bond donors (Lipinski definition) is 4. The third-order valence-corrected chi connectivity index (χ3v) is 12.0. The summed E-state index contributed by atoms with van der Waals surface area (Å²) in [4.78, 5) is 40.2.